The molecule has 0 radical (unpaired) electrons. The van der Waals surface area contributed by atoms with E-state index in [0.29, 0.717) is 128 Å². The van der Waals surface area contributed by atoms with Crippen molar-refractivity contribution in [2.45, 2.75) is 191 Å². The third-order valence-electron chi connectivity index (χ3n) is 18.5. The van der Waals surface area contributed by atoms with Crippen LogP contribution >= 0.6 is 0 Å². The lowest BCUT2D eigenvalue weighted by Crippen LogP contribution is -2.65. The van der Waals surface area contributed by atoms with Gasteiger partial charge >= 0.3 is 0 Å². The Morgan fingerprint density at radius 3 is 1.79 bits per heavy atom. The highest BCUT2D eigenvalue weighted by Crippen LogP contribution is 2.47. The quantitative estimate of drug-likeness (QED) is 0.0747. The Kier molecular flexibility index (Phi) is 18.6. The Labute approximate surface area is 498 Å². The maximum atomic E-state index is 17.6. The smallest absolute Gasteiger partial charge is 0.160 e. The van der Waals surface area contributed by atoms with Gasteiger partial charge < -0.3 is 51.0 Å². The first kappa shape index (κ1) is 60.2. The predicted molar refractivity (Wildman–Crippen MR) is 328 cm³/mol. The molecule has 14 N–H and O–H groups in total. The van der Waals surface area contributed by atoms with Gasteiger partial charge in [-0.15, -0.1) is 0 Å². The van der Waals surface area contributed by atoms with Crippen molar-refractivity contribution in [2.75, 3.05) is 75.9 Å². The topological polar surface area (TPSA) is 199 Å². The molecule has 0 bridgehead atoms. The molecule has 0 spiro atoms. The van der Waals surface area contributed by atoms with E-state index in [1.807, 2.05) is 32.3 Å². The number of nitrogens with zero attached hydrogens (tertiary/aromatic N) is 1. The number of fused-ring (bicyclic) bond motifs is 3. The van der Waals surface area contributed by atoms with Gasteiger partial charge in [0.1, 0.15) is 54.0 Å². The molecular weight excluding hydrogens is 1090 g/mol. The van der Waals surface area contributed by atoms with E-state index in [4.69, 9.17) is 14.2 Å². The van der Waals surface area contributed by atoms with Gasteiger partial charge in [0.25, 0.3) is 0 Å². The molecule has 3 aromatic carbocycles. The molecule has 12 rings (SSSR count). The van der Waals surface area contributed by atoms with Crippen molar-refractivity contribution in [1.29, 1.82) is 0 Å². The summed E-state index contributed by atoms with van der Waals surface area (Å²) in [5.41, 5.74) is 7.05. The monoisotopic (exact) mass is 1180 g/mol. The van der Waals surface area contributed by atoms with Gasteiger partial charge in [-0.2, -0.15) is 0 Å². The molecule has 9 aliphatic rings. The maximum Gasteiger partial charge on any atom is 0.160 e. The summed E-state index contributed by atoms with van der Waals surface area (Å²) < 4.78 is 87.1. The minimum absolute atomic E-state index is 0.00833. The van der Waals surface area contributed by atoms with E-state index in [9.17, 15) is 0 Å². The Morgan fingerprint density at radius 2 is 1.15 bits per heavy atom. The summed E-state index contributed by atoms with van der Waals surface area (Å²) in [6, 6.07) is 4.46. The van der Waals surface area contributed by atoms with Crippen LogP contribution in [0.1, 0.15) is 126 Å². The molecule has 18 nitrogen and oxygen atoms in total. The maximum absolute atomic E-state index is 17.6. The predicted octanol–water partition coefficient (Wildman–Crippen LogP) is 5.98. The number of benzene rings is 3. The van der Waals surface area contributed by atoms with Crippen LogP contribution in [-0.4, -0.2) is 145 Å². The minimum atomic E-state index is -0.654. The van der Waals surface area contributed by atoms with Gasteiger partial charge in [0.05, 0.1) is 53.2 Å². The van der Waals surface area contributed by atoms with E-state index in [2.05, 4.69) is 126 Å². The van der Waals surface area contributed by atoms with Crippen LogP contribution in [0.3, 0.4) is 0 Å². The van der Waals surface area contributed by atoms with Crippen molar-refractivity contribution >= 4 is 33.8 Å². The number of hydrogen-bond acceptors (Lipinski definition) is 18. The Morgan fingerprint density at radius 1 is 0.588 bits per heavy atom. The lowest BCUT2D eigenvalue weighted by Gasteiger charge is -2.38. The average molecular weight is 1180 g/mol. The third-order valence-corrected chi connectivity index (χ3v) is 18.5. The fourth-order valence-electron chi connectivity index (χ4n) is 14.1. The van der Waals surface area contributed by atoms with Gasteiger partial charge in [0, 0.05) is 92.3 Å². The third kappa shape index (κ3) is 13.5. The fraction of sp³-hybridized carbons (Fsp3) is 0.619. The highest BCUT2D eigenvalue weighted by Gasteiger charge is 2.38. The molecule has 0 saturated carbocycles. The van der Waals surface area contributed by atoms with Gasteiger partial charge in [0.2, 0.25) is 0 Å². The molecule has 3 aromatic rings. The zero-order valence-electron chi connectivity index (χ0n) is 50.5. The van der Waals surface area contributed by atoms with Crippen molar-refractivity contribution in [3.63, 3.8) is 0 Å². The molecule has 11 unspecified atom stereocenters. The van der Waals surface area contributed by atoms with Crippen molar-refractivity contribution in [1.82, 2.24) is 63.4 Å². The number of anilines is 3. The number of nitrogens with one attached hydrogen (secondary N) is 14. The first-order valence-corrected chi connectivity index (χ1v) is 31.6. The van der Waals surface area contributed by atoms with E-state index in [-0.39, 0.29) is 78.5 Å². The highest BCUT2D eigenvalue weighted by atomic mass is 19.1. The van der Waals surface area contributed by atoms with Crippen LogP contribution in [0.4, 0.5) is 34.6 Å². The number of hydrogen-bond donors (Lipinski definition) is 14. The Hall–Kier alpha value is -5.08. The van der Waals surface area contributed by atoms with Gasteiger partial charge in [-0.1, -0.05) is 18.2 Å². The van der Waals surface area contributed by atoms with Crippen molar-refractivity contribution < 1.29 is 31.8 Å². The SMILES string of the molecule is CNC1CC(C)NC(Nc2cc3c(c(C4=CCN[C@@H](C)CC4)c2F)OC(CNC2CC(C)NC(Nc4cc5c(c(C6=C[C@H](C)NCCC6)c4F)OC(CNC4CC(C)NC(Nc6c(F)c7c(c(C8=CCN(C)CCC8)c6F)OCC7)N4)C5)N2)C3)N1. The second-order valence-corrected chi connectivity index (χ2v) is 25.5. The zero-order valence-corrected chi connectivity index (χ0v) is 50.5. The molecular formula is C63H91F4N15O3. The molecule has 3 fully saturated rings. The summed E-state index contributed by atoms with van der Waals surface area (Å²) in [6.45, 7) is 14.9. The first-order valence-electron chi connectivity index (χ1n) is 31.6. The normalized spacial score (nSPS) is 31.6. The van der Waals surface area contributed by atoms with Crippen LogP contribution in [0.15, 0.2) is 30.4 Å². The standard InChI is InChI=1S/C63H91F4N15O3/c1-32-12-13-38(14-18-70-32)50-54(65)45(76-61-73-34(3)23-47(68-6)78-61)28-40-26-42(84-58(40)50)30-71-48-24-35(4)74-62(79-48)77-46-29-41-27-43(85-59(41)52(55(46)66)39-10-8-17-69-33(2)22-39)31-72-49-25-36(5)75-63(80-49)81-57-53(64)44-16-21-83-60(44)51(56(57)67)37-11-9-19-82(7)20-15-37/h14-15,22,28-29,32-36,42-43,47-49,61-63,68-81H,8-13,16-21,23-27,30-31H2,1-7H3/t32-,33-,34?,35?,36?,42?,43?,47?,48?,49?,61?,62?,63?/m0/s1. The molecule has 13 atom stereocenters. The van der Waals surface area contributed by atoms with Crippen molar-refractivity contribution in [3.05, 3.63) is 87.0 Å². The Balaban J connectivity index is 0.717. The summed E-state index contributed by atoms with van der Waals surface area (Å²) in [7, 11) is 3.97. The lowest BCUT2D eigenvalue weighted by atomic mass is 9.94. The highest BCUT2D eigenvalue weighted by molar-refractivity contribution is 5.80. The van der Waals surface area contributed by atoms with Crippen molar-refractivity contribution in [3.8, 4) is 17.2 Å². The summed E-state index contributed by atoms with van der Waals surface area (Å²) in [5, 5.41) is 49.2. The minimum Gasteiger partial charge on any atom is -0.492 e. The van der Waals surface area contributed by atoms with Crippen molar-refractivity contribution in [2.24, 2.45) is 0 Å². The molecule has 85 heavy (non-hydrogen) atoms. The molecule has 9 aliphatic heterocycles. The van der Waals surface area contributed by atoms with Crippen LogP contribution < -0.4 is 88.6 Å². The molecule has 9 heterocycles. The largest absolute Gasteiger partial charge is 0.492 e. The number of likely N-dealkylation sites (N-methyl/N-ethyl adjacent to an activating group) is 1. The summed E-state index contributed by atoms with van der Waals surface area (Å²) >= 11 is 0. The number of halogens is 4. The molecule has 0 amide bonds. The summed E-state index contributed by atoms with van der Waals surface area (Å²) in [4.78, 5) is 2.19. The van der Waals surface area contributed by atoms with Crippen LogP contribution in [0.5, 0.6) is 17.2 Å². The molecule has 3 saturated heterocycles. The average Bonchev–Trinajstić information content (AvgIpc) is 2.22. The number of rotatable bonds is 16. The molecule has 464 valence electrons. The second kappa shape index (κ2) is 26.3. The fourth-order valence-corrected chi connectivity index (χ4v) is 14.1. The number of allylic oxidation sites excluding steroid dienone is 3. The van der Waals surface area contributed by atoms with Gasteiger partial charge in [-0.05, 0) is 148 Å². The summed E-state index contributed by atoms with van der Waals surface area (Å²) in [5.74, 6) is -0.408. The first-order chi connectivity index (χ1) is 41.1. The zero-order chi connectivity index (χ0) is 59.0. The lowest BCUT2D eigenvalue weighted by molar-refractivity contribution is 0.188. The second-order valence-electron chi connectivity index (χ2n) is 25.5. The van der Waals surface area contributed by atoms with E-state index in [1.54, 1.807) is 0 Å². The molecule has 0 aliphatic carbocycles. The van der Waals surface area contributed by atoms with E-state index >= 15 is 17.6 Å². The van der Waals surface area contributed by atoms with Crippen LogP contribution in [0, 0.1) is 23.3 Å². The van der Waals surface area contributed by atoms with Crippen LogP contribution in [-0.2, 0) is 19.3 Å². The summed E-state index contributed by atoms with van der Waals surface area (Å²) in [6.07, 6.45) is 12.5. The van der Waals surface area contributed by atoms with Gasteiger partial charge in [-0.3, -0.25) is 42.5 Å². The van der Waals surface area contributed by atoms with Gasteiger partial charge in [0.15, 0.2) is 23.3 Å². The van der Waals surface area contributed by atoms with Crippen LogP contribution in [0.2, 0.25) is 0 Å². The van der Waals surface area contributed by atoms with E-state index in [0.717, 1.165) is 79.5 Å². The molecule has 0 aromatic heterocycles. The van der Waals surface area contributed by atoms with E-state index in [1.165, 1.54) is 0 Å². The molecule has 22 heteroatoms. The van der Waals surface area contributed by atoms with E-state index < -0.39 is 24.2 Å². The number of ether oxygens (including phenoxy) is 3. The van der Waals surface area contributed by atoms with Crippen LogP contribution in [0.25, 0.3) is 16.7 Å². The Bertz CT molecular complexity index is 3020. The van der Waals surface area contributed by atoms with Gasteiger partial charge in [-0.25, -0.2) is 17.6 Å².